The lowest BCUT2D eigenvalue weighted by Gasteiger charge is -2.27. The predicted molar refractivity (Wildman–Crippen MR) is 115 cm³/mol. The van der Waals surface area contributed by atoms with Crippen LogP contribution in [0.4, 0.5) is 0 Å². The fourth-order valence-corrected chi connectivity index (χ4v) is 3.28. The van der Waals surface area contributed by atoms with Crippen molar-refractivity contribution in [3.05, 3.63) is 64.7 Å². The molecule has 1 aliphatic rings. The summed E-state index contributed by atoms with van der Waals surface area (Å²) in [4.78, 5) is 14.7. The fraction of sp³-hybridized carbons (Fsp3) is 0.391. The maximum Gasteiger partial charge on any atom is 0.271 e. The zero-order valence-corrected chi connectivity index (χ0v) is 17.4. The van der Waals surface area contributed by atoms with E-state index in [2.05, 4.69) is 28.4 Å². The largest absolute Gasteiger partial charge is 0.496 e. The second kappa shape index (κ2) is 10.2. The van der Waals surface area contributed by atoms with Gasteiger partial charge >= 0.3 is 0 Å². The van der Waals surface area contributed by atoms with Gasteiger partial charge in [0.1, 0.15) is 5.75 Å². The third-order valence-corrected chi connectivity index (χ3v) is 5.15. The van der Waals surface area contributed by atoms with Crippen molar-refractivity contribution in [2.24, 2.45) is 5.10 Å². The first-order chi connectivity index (χ1) is 14.1. The van der Waals surface area contributed by atoms with E-state index in [4.69, 9.17) is 9.47 Å². The lowest BCUT2D eigenvalue weighted by atomic mass is 10.1. The molecule has 6 heteroatoms. The van der Waals surface area contributed by atoms with Crippen LogP contribution in [0.2, 0.25) is 0 Å². The van der Waals surface area contributed by atoms with Gasteiger partial charge in [0.05, 0.1) is 26.0 Å². The van der Waals surface area contributed by atoms with E-state index < -0.39 is 0 Å². The molecule has 154 valence electrons. The van der Waals surface area contributed by atoms with Crippen molar-refractivity contribution in [3.63, 3.8) is 0 Å². The third-order valence-electron chi connectivity index (χ3n) is 5.15. The molecule has 0 aliphatic carbocycles. The van der Waals surface area contributed by atoms with E-state index in [1.54, 1.807) is 7.11 Å². The van der Waals surface area contributed by atoms with Crippen molar-refractivity contribution < 1.29 is 14.3 Å². The summed E-state index contributed by atoms with van der Waals surface area (Å²) in [6.45, 7) is 8.11. The van der Waals surface area contributed by atoms with Crippen molar-refractivity contribution in [2.45, 2.75) is 26.8 Å². The Balaban J connectivity index is 1.70. The van der Waals surface area contributed by atoms with Crippen LogP contribution in [-0.4, -0.2) is 49.9 Å². The Morgan fingerprint density at radius 3 is 2.48 bits per heavy atom. The first kappa shape index (κ1) is 21.0. The van der Waals surface area contributed by atoms with Crippen molar-refractivity contribution in [3.8, 4) is 5.75 Å². The Kier molecular flexibility index (Phi) is 7.38. The summed E-state index contributed by atoms with van der Waals surface area (Å²) in [6.07, 6.45) is 0.948. The maximum absolute atomic E-state index is 12.4. The number of hydrogen-bond acceptors (Lipinski definition) is 5. The lowest BCUT2D eigenvalue weighted by molar-refractivity contribution is 0.0339. The SMILES string of the molecule is CCc1ccc(C(=O)N/N=C(/C)c2ccc(OC)c(CN3CCOCC3)c2)cc1. The predicted octanol–water partition coefficient (Wildman–Crippen LogP) is 3.24. The van der Waals surface area contributed by atoms with Gasteiger partial charge in [-0.05, 0) is 54.8 Å². The average molecular weight is 396 g/mol. The summed E-state index contributed by atoms with van der Waals surface area (Å²) in [5, 5.41) is 4.30. The molecular weight excluding hydrogens is 366 g/mol. The third kappa shape index (κ3) is 5.65. The normalized spacial score (nSPS) is 15.2. The van der Waals surface area contributed by atoms with Gasteiger partial charge in [0.25, 0.3) is 5.91 Å². The first-order valence-electron chi connectivity index (χ1n) is 10.0. The van der Waals surface area contributed by atoms with Crippen molar-refractivity contribution in [1.29, 1.82) is 0 Å². The highest BCUT2D eigenvalue weighted by molar-refractivity contribution is 6.01. The molecule has 1 N–H and O–H groups in total. The van der Waals surface area contributed by atoms with Gasteiger partial charge in [-0.3, -0.25) is 9.69 Å². The zero-order valence-electron chi connectivity index (χ0n) is 17.4. The Morgan fingerprint density at radius 1 is 1.14 bits per heavy atom. The summed E-state index contributed by atoms with van der Waals surface area (Å²) in [5.41, 5.74) is 7.25. The van der Waals surface area contributed by atoms with Gasteiger partial charge in [0, 0.05) is 30.8 Å². The maximum atomic E-state index is 12.4. The van der Waals surface area contributed by atoms with Gasteiger partial charge in [-0.2, -0.15) is 5.10 Å². The Hall–Kier alpha value is -2.70. The highest BCUT2D eigenvalue weighted by Crippen LogP contribution is 2.22. The van der Waals surface area contributed by atoms with Crippen molar-refractivity contribution in [1.82, 2.24) is 10.3 Å². The highest BCUT2D eigenvalue weighted by Gasteiger charge is 2.14. The van der Waals surface area contributed by atoms with Crippen LogP contribution in [0.3, 0.4) is 0 Å². The van der Waals surface area contributed by atoms with Gasteiger partial charge in [-0.25, -0.2) is 5.43 Å². The fourth-order valence-electron chi connectivity index (χ4n) is 3.28. The molecule has 1 amide bonds. The second-order valence-electron chi connectivity index (χ2n) is 7.10. The molecule has 0 radical (unpaired) electrons. The number of aryl methyl sites for hydroxylation is 1. The van der Waals surface area contributed by atoms with E-state index in [1.807, 2.05) is 43.3 Å². The number of nitrogens with zero attached hydrogens (tertiary/aromatic N) is 2. The van der Waals surface area contributed by atoms with Crippen LogP contribution in [-0.2, 0) is 17.7 Å². The van der Waals surface area contributed by atoms with E-state index in [-0.39, 0.29) is 5.91 Å². The zero-order chi connectivity index (χ0) is 20.6. The molecule has 1 heterocycles. The van der Waals surface area contributed by atoms with Gasteiger partial charge in [0.2, 0.25) is 0 Å². The summed E-state index contributed by atoms with van der Waals surface area (Å²) in [5.74, 6) is 0.641. The molecule has 2 aromatic rings. The summed E-state index contributed by atoms with van der Waals surface area (Å²) in [6, 6.07) is 13.6. The van der Waals surface area contributed by atoms with Crippen molar-refractivity contribution >= 4 is 11.6 Å². The summed E-state index contributed by atoms with van der Waals surface area (Å²) < 4.78 is 11.0. The Bertz CT molecular complexity index is 856. The average Bonchev–Trinajstić information content (AvgIpc) is 2.78. The monoisotopic (exact) mass is 395 g/mol. The van der Waals surface area contributed by atoms with Crippen LogP contribution in [0.5, 0.6) is 5.75 Å². The molecule has 29 heavy (non-hydrogen) atoms. The van der Waals surface area contributed by atoms with E-state index in [1.165, 1.54) is 5.56 Å². The Labute approximate surface area is 172 Å². The van der Waals surface area contributed by atoms with Crippen LogP contribution < -0.4 is 10.2 Å². The summed E-state index contributed by atoms with van der Waals surface area (Å²) in [7, 11) is 1.68. The van der Waals surface area contributed by atoms with Crippen LogP contribution in [0, 0.1) is 0 Å². The number of hydrogen-bond donors (Lipinski definition) is 1. The number of carbonyl (C=O) groups excluding carboxylic acids is 1. The molecule has 0 atom stereocenters. The number of nitrogens with one attached hydrogen (secondary N) is 1. The topological polar surface area (TPSA) is 63.2 Å². The first-order valence-corrected chi connectivity index (χ1v) is 10.0. The number of methoxy groups -OCH3 is 1. The van der Waals surface area contributed by atoms with Crippen LogP contribution in [0.1, 0.15) is 40.9 Å². The molecule has 0 bridgehead atoms. The van der Waals surface area contributed by atoms with E-state index in [0.717, 1.165) is 61.9 Å². The molecule has 0 spiro atoms. The molecule has 3 rings (SSSR count). The summed E-state index contributed by atoms with van der Waals surface area (Å²) >= 11 is 0. The van der Waals surface area contributed by atoms with Gasteiger partial charge in [0.15, 0.2) is 0 Å². The highest BCUT2D eigenvalue weighted by atomic mass is 16.5. The molecule has 1 fully saturated rings. The second-order valence-corrected chi connectivity index (χ2v) is 7.10. The number of hydrazone groups is 1. The van der Waals surface area contributed by atoms with Crippen LogP contribution in [0.25, 0.3) is 0 Å². The standard InChI is InChI=1S/C23H29N3O3/c1-4-18-5-7-19(8-6-18)23(27)25-24-17(2)20-9-10-22(28-3)21(15-20)16-26-11-13-29-14-12-26/h5-10,15H,4,11-14,16H2,1-3H3,(H,25,27)/b24-17-. The quantitative estimate of drug-likeness (QED) is 0.577. The van der Waals surface area contributed by atoms with Gasteiger partial charge in [-0.1, -0.05) is 19.1 Å². The minimum atomic E-state index is -0.214. The van der Waals surface area contributed by atoms with Crippen LogP contribution in [0.15, 0.2) is 47.6 Å². The van der Waals surface area contributed by atoms with E-state index in [9.17, 15) is 4.79 Å². The van der Waals surface area contributed by atoms with Gasteiger partial charge in [-0.15, -0.1) is 0 Å². The molecule has 1 saturated heterocycles. The van der Waals surface area contributed by atoms with Crippen LogP contribution >= 0.6 is 0 Å². The molecule has 1 aliphatic heterocycles. The van der Waals surface area contributed by atoms with Gasteiger partial charge < -0.3 is 9.47 Å². The number of ether oxygens (including phenoxy) is 2. The van der Waals surface area contributed by atoms with E-state index in [0.29, 0.717) is 5.56 Å². The van der Waals surface area contributed by atoms with Crippen molar-refractivity contribution in [2.75, 3.05) is 33.4 Å². The smallest absolute Gasteiger partial charge is 0.271 e. The number of amides is 1. The number of rotatable bonds is 7. The molecule has 0 aromatic heterocycles. The minimum Gasteiger partial charge on any atom is -0.496 e. The minimum absolute atomic E-state index is 0.214. The lowest BCUT2D eigenvalue weighted by Crippen LogP contribution is -2.35. The molecule has 0 saturated carbocycles. The molecule has 0 unspecified atom stereocenters. The molecule has 2 aromatic carbocycles. The number of morpholine rings is 1. The number of carbonyl (C=O) groups is 1. The Morgan fingerprint density at radius 2 is 1.83 bits per heavy atom. The molecular formula is C23H29N3O3. The van der Waals surface area contributed by atoms with E-state index >= 15 is 0 Å². The number of benzene rings is 2. The molecule has 6 nitrogen and oxygen atoms in total.